The normalized spacial score (nSPS) is 18.1. The number of imide groups is 2. The maximum absolute atomic E-state index is 13.0. The van der Waals surface area contributed by atoms with Crippen molar-refractivity contribution in [3.05, 3.63) is 77.0 Å². The molecular formula is C27H25F3N4O5. The third-order valence-electron chi connectivity index (χ3n) is 6.41. The van der Waals surface area contributed by atoms with Crippen molar-refractivity contribution in [2.24, 2.45) is 0 Å². The molecule has 0 radical (unpaired) electrons. The van der Waals surface area contributed by atoms with Crippen molar-refractivity contribution in [2.75, 3.05) is 5.32 Å². The topological polar surface area (TPSA) is 125 Å². The van der Waals surface area contributed by atoms with Crippen LogP contribution in [-0.2, 0) is 42.1 Å². The molecule has 1 saturated heterocycles. The van der Waals surface area contributed by atoms with Gasteiger partial charge in [-0.3, -0.25) is 34.2 Å². The molecule has 0 spiro atoms. The number of benzene rings is 2. The number of carbonyl (C=O) groups excluding carboxylic acids is 5. The first kappa shape index (κ1) is 27.6. The van der Waals surface area contributed by atoms with Crippen LogP contribution in [0.15, 0.2) is 60.3 Å². The second-order valence-electron chi connectivity index (χ2n) is 9.79. The fourth-order valence-corrected chi connectivity index (χ4v) is 4.45. The molecule has 1 fully saturated rings. The van der Waals surface area contributed by atoms with Gasteiger partial charge in [-0.1, -0.05) is 30.3 Å². The Hall–Kier alpha value is -4.48. The zero-order valence-corrected chi connectivity index (χ0v) is 21.0. The molecule has 0 saturated carbocycles. The zero-order chi connectivity index (χ0) is 28.5. The number of nitrogens with zero attached hydrogens (tertiary/aromatic N) is 1. The Balaban J connectivity index is 1.43. The van der Waals surface area contributed by atoms with Gasteiger partial charge in [0.15, 0.2) is 0 Å². The van der Waals surface area contributed by atoms with Gasteiger partial charge in [-0.15, -0.1) is 0 Å². The first-order valence-electron chi connectivity index (χ1n) is 12.0. The maximum atomic E-state index is 13.0. The van der Waals surface area contributed by atoms with Crippen LogP contribution >= 0.6 is 0 Å². The molecule has 0 aliphatic carbocycles. The van der Waals surface area contributed by atoms with E-state index in [2.05, 4.69) is 16.0 Å². The molecular weight excluding hydrogens is 517 g/mol. The molecule has 2 aromatic rings. The van der Waals surface area contributed by atoms with Gasteiger partial charge in [0.25, 0.3) is 11.8 Å². The lowest BCUT2D eigenvalue weighted by atomic mass is 9.93. The Morgan fingerprint density at radius 3 is 2.41 bits per heavy atom. The molecule has 2 aromatic carbocycles. The van der Waals surface area contributed by atoms with Crippen molar-refractivity contribution < 1.29 is 37.1 Å². The van der Waals surface area contributed by atoms with Crippen LogP contribution in [0.1, 0.15) is 43.4 Å². The second-order valence-corrected chi connectivity index (χ2v) is 9.79. The number of hydrogen-bond acceptors (Lipinski definition) is 6. The minimum Gasteiger partial charge on any atom is -0.351 e. The van der Waals surface area contributed by atoms with Gasteiger partial charge in [0.05, 0.1) is 17.5 Å². The van der Waals surface area contributed by atoms with Crippen molar-refractivity contribution in [2.45, 2.75) is 50.9 Å². The summed E-state index contributed by atoms with van der Waals surface area (Å²) in [5, 5.41) is 7.81. The quantitative estimate of drug-likeness (QED) is 0.463. The van der Waals surface area contributed by atoms with Crippen LogP contribution in [-0.4, -0.2) is 40.5 Å². The van der Waals surface area contributed by atoms with Gasteiger partial charge in [-0.05, 0) is 49.6 Å². The Labute approximate surface area is 221 Å². The van der Waals surface area contributed by atoms with Crippen LogP contribution < -0.4 is 16.0 Å². The summed E-state index contributed by atoms with van der Waals surface area (Å²) in [6.07, 6.45) is -3.66. The Morgan fingerprint density at radius 2 is 1.72 bits per heavy atom. The van der Waals surface area contributed by atoms with E-state index in [1.165, 1.54) is 12.1 Å². The predicted octanol–water partition coefficient (Wildman–Crippen LogP) is 2.77. The highest BCUT2D eigenvalue weighted by Crippen LogP contribution is 2.30. The van der Waals surface area contributed by atoms with Crippen molar-refractivity contribution >= 4 is 35.2 Å². The maximum Gasteiger partial charge on any atom is 0.416 e. The lowest BCUT2D eigenvalue weighted by molar-refractivity contribution is -0.149. The summed E-state index contributed by atoms with van der Waals surface area (Å²) in [6.45, 7) is 3.43. The van der Waals surface area contributed by atoms with Gasteiger partial charge in [0.1, 0.15) is 11.7 Å². The van der Waals surface area contributed by atoms with E-state index in [-0.39, 0.29) is 30.5 Å². The highest BCUT2D eigenvalue weighted by Gasteiger charge is 2.42. The van der Waals surface area contributed by atoms with Gasteiger partial charge in [0.2, 0.25) is 17.7 Å². The molecule has 39 heavy (non-hydrogen) atoms. The first-order chi connectivity index (χ1) is 18.2. The minimum atomic E-state index is -4.52. The van der Waals surface area contributed by atoms with E-state index in [1.54, 1.807) is 38.1 Å². The summed E-state index contributed by atoms with van der Waals surface area (Å²) in [7, 11) is 0. The molecule has 9 nitrogen and oxygen atoms in total. The molecule has 2 aliphatic rings. The molecule has 2 aliphatic heterocycles. The van der Waals surface area contributed by atoms with Crippen LogP contribution in [0.25, 0.3) is 0 Å². The number of rotatable bonds is 7. The monoisotopic (exact) mass is 542 g/mol. The van der Waals surface area contributed by atoms with Gasteiger partial charge in [-0.2, -0.15) is 13.2 Å². The molecule has 5 amide bonds. The highest BCUT2D eigenvalue weighted by atomic mass is 19.4. The standard InChI is InChI=1S/C27H25F3N4O5/c1-26(2,33-22(36)12-15-5-3-7-17(11-15)27(28,29)30)16-6-4-8-18(13-16)31-19-14-23(37)34(25(19)39)20-9-10-21(35)32-24(20)38/h3-8,11,13-14,20,31H,9-10,12H2,1-2H3,(H,33,36)(H,32,35,38). The Bertz CT molecular complexity index is 1400. The van der Waals surface area contributed by atoms with Crippen molar-refractivity contribution in [3.63, 3.8) is 0 Å². The first-order valence-corrected chi connectivity index (χ1v) is 12.0. The average Bonchev–Trinajstić information content (AvgIpc) is 3.11. The Morgan fingerprint density at radius 1 is 1.03 bits per heavy atom. The summed E-state index contributed by atoms with van der Waals surface area (Å²) in [5.41, 5.74) is -0.594. The molecule has 204 valence electrons. The van der Waals surface area contributed by atoms with E-state index in [0.29, 0.717) is 11.3 Å². The molecule has 0 aromatic heterocycles. The van der Waals surface area contributed by atoms with Gasteiger partial charge in [-0.25, -0.2) is 0 Å². The number of hydrogen-bond donors (Lipinski definition) is 3. The van der Waals surface area contributed by atoms with Crippen LogP contribution in [0.2, 0.25) is 0 Å². The predicted molar refractivity (Wildman–Crippen MR) is 132 cm³/mol. The van der Waals surface area contributed by atoms with Crippen LogP contribution in [0.3, 0.4) is 0 Å². The number of piperidine rings is 1. The van der Waals surface area contributed by atoms with Gasteiger partial charge in [0, 0.05) is 18.2 Å². The Kier molecular flexibility index (Phi) is 7.31. The van der Waals surface area contributed by atoms with Crippen LogP contribution in [0, 0.1) is 0 Å². The lowest BCUT2D eigenvalue weighted by Gasteiger charge is -2.28. The summed E-state index contributed by atoms with van der Waals surface area (Å²) >= 11 is 0. The van der Waals surface area contributed by atoms with E-state index in [9.17, 15) is 37.1 Å². The largest absolute Gasteiger partial charge is 0.416 e. The van der Waals surface area contributed by atoms with E-state index < -0.39 is 52.9 Å². The third-order valence-corrected chi connectivity index (χ3v) is 6.41. The fourth-order valence-electron chi connectivity index (χ4n) is 4.45. The number of alkyl halides is 3. The SMILES string of the molecule is CC(C)(NC(=O)Cc1cccc(C(F)(F)F)c1)c1cccc(NC2=CC(=O)N(C3CCC(=O)NC3=O)C2=O)c1. The van der Waals surface area contributed by atoms with Crippen LogP contribution in [0.5, 0.6) is 0 Å². The molecule has 12 heteroatoms. The molecule has 0 bridgehead atoms. The second kappa shape index (κ2) is 10.4. The summed E-state index contributed by atoms with van der Waals surface area (Å²) < 4.78 is 39.0. The molecule has 4 rings (SSSR count). The molecule has 1 unspecified atom stereocenters. The summed E-state index contributed by atoms with van der Waals surface area (Å²) in [4.78, 5) is 62.5. The number of amides is 5. The van der Waals surface area contributed by atoms with Crippen molar-refractivity contribution in [1.82, 2.24) is 15.5 Å². The smallest absolute Gasteiger partial charge is 0.351 e. The van der Waals surface area contributed by atoms with Gasteiger partial charge >= 0.3 is 6.18 Å². The van der Waals surface area contributed by atoms with Gasteiger partial charge < -0.3 is 10.6 Å². The number of anilines is 1. The number of carbonyl (C=O) groups is 5. The third kappa shape index (κ3) is 6.16. The minimum absolute atomic E-state index is 0.00679. The van der Waals surface area contributed by atoms with E-state index in [0.717, 1.165) is 23.1 Å². The number of nitrogens with one attached hydrogen (secondary N) is 3. The zero-order valence-electron chi connectivity index (χ0n) is 21.0. The number of halogens is 3. The van der Waals surface area contributed by atoms with E-state index in [1.807, 2.05) is 0 Å². The fraction of sp³-hybridized carbons (Fsp3) is 0.296. The van der Waals surface area contributed by atoms with E-state index in [4.69, 9.17) is 0 Å². The van der Waals surface area contributed by atoms with Crippen LogP contribution in [0.4, 0.5) is 18.9 Å². The summed E-state index contributed by atoms with van der Waals surface area (Å²) in [5.74, 6) is -3.07. The van der Waals surface area contributed by atoms with E-state index >= 15 is 0 Å². The average molecular weight is 543 g/mol. The molecule has 1 atom stereocenters. The lowest BCUT2D eigenvalue weighted by Crippen LogP contribution is -2.54. The molecule has 3 N–H and O–H groups in total. The molecule has 2 heterocycles. The van der Waals surface area contributed by atoms with Crippen molar-refractivity contribution in [1.29, 1.82) is 0 Å². The highest BCUT2D eigenvalue weighted by molar-refractivity contribution is 6.20. The summed E-state index contributed by atoms with van der Waals surface area (Å²) in [6, 6.07) is 10.1. The van der Waals surface area contributed by atoms with Crippen molar-refractivity contribution in [3.8, 4) is 0 Å².